The van der Waals surface area contributed by atoms with Crippen LogP contribution in [0, 0.1) is 45.3 Å². The molecular weight excluding hydrogens is 424 g/mol. The molecule has 0 aliphatic heterocycles. The largest absolute Gasteiger partial charge is 0.393 e. The Hall–Kier alpha value is -0.160. The first-order chi connectivity index (χ1) is 15.4. The van der Waals surface area contributed by atoms with Crippen molar-refractivity contribution in [2.75, 3.05) is 0 Å². The molecule has 4 saturated carbocycles. The van der Waals surface area contributed by atoms with Crippen LogP contribution in [0.3, 0.4) is 0 Å². The third-order valence-corrected chi connectivity index (χ3v) is 12.6. The van der Waals surface area contributed by atoms with Gasteiger partial charge in [0.25, 0.3) is 0 Å². The highest BCUT2D eigenvalue weighted by Gasteiger charge is 2.71. The summed E-state index contributed by atoms with van der Waals surface area (Å²) in [5, 5.41) is 44.5. The molecule has 4 N–H and O–H groups in total. The van der Waals surface area contributed by atoms with Crippen molar-refractivity contribution in [3.05, 3.63) is 0 Å². The Labute approximate surface area is 208 Å². The summed E-state index contributed by atoms with van der Waals surface area (Å²) in [4.78, 5) is 0. The minimum absolute atomic E-state index is 0.00836. The lowest BCUT2D eigenvalue weighted by molar-refractivity contribution is -0.246. The summed E-state index contributed by atoms with van der Waals surface area (Å²) in [7, 11) is 0. The van der Waals surface area contributed by atoms with Crippen LogP contribution in [0.15, 0.2) is 0 Å². The summed E-state index contributed by atoms with van der Waals surface area (Å²) in [6.07, 6.45) is 8.62. The highest BCUT2D eigenvalue weighted by atomic mass is 16.3. The van der Waals surface area contributed by atoms with Crippen LogP contribution in [0.25, 0.3) is 0 Å². The Kier molecular flexibility index (Phi) is 6.46. The van der Waals surface area contributed by atoms with Crippen LogP contribution >= 0.6 is 0 Å². The minimum Gasteiger partial charge on any atom is -0.393 e. The molecular formula is C30H54O4. The summed E-state index contributed by atoms with van der Waals surface area (Å²) in [5.74, 6) is 1.15. The fourth-order valence-corrected chi connectivity index (χ4v) is 10.5. The molecule has 0 spiro atoms. The maximum atomic E-state index is 11.8. The van der Waals surface area contributed by atoms with Gasteiger partial charge in [0.2, 0.25) is 0 Å². The molecule has 0 amide bonds. The third-order valence-electron chi connectivity index (χ3n) is 12.6. The molecule has 10 atom stereocenters. The van der Waals surface area contributed by atoms with E-state index in [1.807, 2.05) is 20.8 Å². The van der Waals surface area contributed by atoms with Gasteiger partial charge < -0.3 is 20.4 Å². The lowest BCUT2D eigenvalue weighted by atomic mass is 9.35. The lowest BCUT2D eigenvalue weighted by Crippen LogP contribution is -2.66. The molecule has 34 heavy (non-hydrogen) atoms. The summed E-state index contributed by atoms with van der Waals surface area (Å²) >= 11 is 0. The summed E-state index contributed by atoms with van der Waals surface area (Å²) in [6.45, 7) is 17.6. The van der Waals surface area contributed by atoms with Gasteiger partial charge in [-0.15, -0.1) is 0 Å². The Bertz CT molecular complexity index is 768. The molecule has 1 unspecified atom stereocenters. The molecule has 4 nitrogen and oxygen atoms in total. The molecule has 4 heteroatoms. The minimum atomic E-state index is -0.824. The van der Waals surface area contributed by atoms with E-state index in [2.05, 4.69) is 34.6 Å². The van der Waals surface area contributed by atoms with Gasteiger partial charge in [-0.2, -0.15) is 0 Å². The van der Waals surface area contributed by atoms with Crippen LogP contribution in [-0.4, -0.2) is 43.8 Å². The zero-order valence-electron chi connectivity index (χ0n) is 23.3. The number of aliphatic hydroxyl groups excluding tert-OH is 2. The van der Waals surface area contributed by atoms with E-state index in [1.165, 1.54) is 0 Å². The number of rotatable bonds is 5. The smallest absolute Gasteiger partial charge is 0.0651 e. The molecule has 0 aromatic rings. The van der Waals surface area contributed by atoms with Crippen molar-refractivity contribution < 1.29 is 20.4 Å². The van der Waals surface area contributed by atoms with E-state index >= 15 is 0 Å². The number of hydrogen-bond acceptors (Lipinski definition) is 4. The van der Waals surface area contributed by atoms with E-state index in [0.29, 0.717) is 24.7 Å². The van der Waals surface area contributed by atoms with Crippen molar-refractivity contribution in [2.24, 2.45) is 45.3 Å². The van der Waals surface area contributed by atoms with E-state index in [1.54, 1.807) is 0 Å². The van der Waals surface area contributed by atoms with Gasteiger partial charge in [0.05, 0.1) is 23.4 Å². The number of fused-ring (bicyclic) bond motifs is 5. The quantitative estimate of drug-likeness (QED) is 0.409. The second-order valence-corrected chi connectivity index (χ2v) is 15.4. The fourth-order valence-electron chi connectivity index (χ4n) is 10.5. The number of aliphatic hydroxyl groups is 4. The maximum Gasteiger partial charge on any atom is 0.0651 e. The highest BCUT2D eigenvalue weighted by molar-refractivity contribution is 5.19. The van der Waals surface area contributed by atoms with Crippen LogP contribution in [0.1, 0.15) is 120 Å². The first kappa shape index (κ1) is 26.9. The Balaban J connectivity index is 1.62. The Morgan fingerprint density at radius 3 is 2.00 bits per heavy atom. The topological polar surface area (TPSA) is 80.9 Å². The average Bonchev–Trinajstić information content (AvgIpc) is 3.07. The molecule has 0 bridgehead atoms. The van der Waals surface area contributed by atoms with Crippen molar-refractivity contribution >= 4 is 0 Å². The second kappa shape index (κ2) is 8.17. The van der Waals surface area contributed by atoms with E-state index in [-0.39, 0.29) is 45.7 Å². The molecule has 0 heterocycles. The van der Waals surface area contributed by atoms with Gasteiger partial charge in [-0.1, -0.05) is 34.6 Å². The van der Waals surface area contributed by atoms with E-state index in [0.717, 1.165) is 51.4 Å². The zero-order valence-corrected chi connectivity index (χ0v) is 23.3. The van der Waals surface area contributed by atoms with E-state index in [9.17, 15) is 20.4 Å². The zero-order chi connectivity index (χ0) is 25.5. The average molecular weight is 479 g/mol. The summed E-state index contributed by atoms with van der Waals surface area (Å²) < 4.78 is 0. The van der Waals surface area contributed by atoms with Crippen molar-refractivity contribution in [1.29, 1.82) is 0 Å². The molecule has 0 radical (unpaired) electrons. The van der Waals surface area contributed by atoms with Gasteiger partial charge in [0.1, 0.15) is 0 Å². The van der Waals surface area contributed by atoms with E-state index in [4.69, 9.17) is 0 Å². The van der Waals surface area contributed by atoms with Gasteiger partial charge in [0.15, 0.2) is 0 Å². The maximum absolute atomic E-state index is 11.8. The normalized spacial score (nSPS) is 50.1. The van der Waals surface area contributed by atoms with Crippen LogP contribution in [0.4, 0.5) is 0 Å². The van der Waals surface area contributed by atoms with Crippen molar-refractivity contribution in [3.63, 3.8) is 0 Å². The number of hydrogen-bond donors (Lipinski definition) is 4. The van der Waals surface area contributed by atoms with Gasteiger partial charge in [-0.05, 0) is 130 Å². The Morgan fingerprint density at radius 1 is 0.765 bits per heavy atom. The van der Waals surface area contributed by atoms with Crippen LogP contribution in [-0.2, 0) is 0 Å². The second-order valence-electron chi connectivity index (χ2n) is 15.4. The molecule has 4 aliphatic rings. The molecule has 4 rings (SSSR count). The molecule has 0 aromatic carbocycles. The fraction of sp³-hybridized carbons (Fsp3) is 1.00. The van der Waals surface area contributed by atoms with Gasteiger partial charge >= 0.3 is 0 Å². The highest BCUT2D eigenvalue weighted by Crippen LogP contribution is 2.75. The lowest BCUT2D eigenvalue weighted by Gasteiger charge is -2.70. The molecule has 0 saturated heterocycles. The first-order valence-electron chi connectivity index (χ1n) is 14.2. The molecule has 4 fully saturated rings. The molecule has 0 aromatic heterocycles. The predicted octanol–water partition coefficient (Wildman–Crippen LogP) is 5.70. The van der Waals surface area contributed by atoms with Crippen LogP contribution in [0.5, 0.6) is 0 Å². The Morgan fingerprint density at radius 2 is 1.38 bits per heavy atom. The third kappa shape index (κ3) is 3.84. The molecule has 4 aliphatic carbocycles. The molecule has 198 valence electrons. The van der Waals surface area contributed by atoms with Crippen LogP contribution < -0.4 is 0 Å². The van der Waals surface area contributed by atoms with Gasteiger partial charge in [0, 0.05) is 0 Å². The SMILES string of the molecule is CC(C)(O)CCC[C@@](C)(O)[C@H]1CC[C@]2(C)[C@@H]1[C@H](O)C[C@@H]1[C@@]3(C)CC[C@H](O)C(C)(C)C3CC[C@]12C. The van der Waals surface area contributed by atoms with Crippen molar-refractivity contribution in [1.82, 2.24) is 0 Å². The van der Waals surface area contributed by atoms with E-state index < -0.39 is 11.2 Å². The van der Waals surface area contributed by atoms with Gasteiger partial charge in [-0.3, -0.25) is 0 Å². The monoisotopic (exact) mass is 478 g/mol. The summed E-state index contributed by atoms with van der Waals surface area (Å²) in [6, 6.07) is 0. The standard InChI is InChI=1S/C30H54O4/c1-25(2,33)13-9-14-30(8,34)19-10-16-29(7)24(19)20(31)18-22-27(5)15-12-23(32)26(3,4)21(27)11-17-28(22,29)6/h19-24,31-34H,9-18H2,1-8H3/t19-,20+,21?,22+,23-,24-,27-,28+,29+,30+/m0/s1. The van der Waals surface area contributed by atoms with Crippen molar-refractivity contribution in [2.45, 2.75) is 143 Å². The summed E-state index contributed by atoms with van der Waals surface area (Å²) in [5.41, 5.74) is -1.33. The van der Waals surface area contributed by atoms with Crippen molar-refractivity contribution in [3.8, 4) is 0 Å². The van der Waals surface area contributed by atoms with Crippen LogP contribution in [0.2, 0.25) is 0 Å². The van der Waals surface area contributed by atoms with Gasteiger partial charge in [-0.25, -0.2) is 0 Å². The predicted molar refractivity (Wildman–Crippen MR) is 137 cm³/mol. The first-order valence-corrected chi connectivity index (χ1v) is 14.2.